The van der Waals surface area contributed by atoms with Crippen molar-refractivity contribution in [1.82, 2.24) is 4.98 Å². The van der Waals surface area contributed by atoms with Gasteiger partial charge in [-0.1, -0.05) is 23.8 Å². The van der Waals surface area contributed by atoms with E-state index in [-0.39, 0.29) is 12.2 Å². The van der Waals surface area contributed by atoms with Crippen LogP contribution in [0.1, 0.15) is 87.6 Å². The van der Waals surface area contributed by atoms with E-state index < -0.39 is 17.7 Å². The van der Waals surface area contributed by atoms with Gasteiger partial charge in [0, 0.05) is 34.8 Å². The number of Topliss-reactive ketones (excluding diaryl/α,β-unsaturated/α-hetero) is 1. The van der Waals surface area contributed by atoms with Crippen molar-refractivity contribution < 1.29 is 27.9 Å². The van der Waals surface area contributed by atoms with Gasteiger partial charge in [0.1, 0.15) is 5.01 Å². The zero-order valence-corrected chi connectivity index (χ0v) is 21.8. The molecule has 1 aliphatic carbocycles. The molecule has 1 aliphatic rings. The molecule has 1 N–H and O–H groups in total. The molecule has 0 radical (unpaired) electrons. The largest absolute Gasteiger partial charge is 0.481 e. The Morgan fingerprint density at radius 3 is 2.35 bits per heavy atom. The summed E-state index contributed by atoms with van der Waals surface area (Å²) in [4.78, 5) is 29.8. The van der Waals surface area contributed by atoms with Crippen LogP contribution in [0.15, 0.2) is 36.4 Å². The van der Waals surface area contributed by atoms with Crippen LogP contribution >= 0.6 is 11.3 Å². The highest BCUT2D eigenvalue weighted by Gasteiger charge is 2.32. The lowest BCUT2D eigenvalue weighted by Crippen LogP contribution is -2.07. The fraction of sp³-hybridized carbons (Fsp3) is 0.414. The number of thiazole rings is 1. The number of hydrogen-bond donors (Lipinski definition) is 1. The summed E-state index contributed by atoms with van der Waals surface area (Å²) in [6.45, 7) is 3.91. The topological polar surface area (TPSA) is 67.3 Å². The van der Waals surface area contributed by atoms with Gasteiger partial charge in [0.15, 0.2) is 5.78 Å². The highest BCUT2D eigenvalue weighted by Crippen LogP contribution is 2.45. The van der Waals surface area contributed by atoms with Crippen LogP contribution in [-0.4, -0.2) is 21.8 Å². The summed E-state index contributed by atoms with van der Waals surface area (Å²) in [6.07, 6.45) is 0.811. The predicted molar refractivity (Wildman–Crippen MR) is 138 cm³/mol. The van der Waals surface area contributed by atoms with Crippen molar-refractivity contribution in [2.45, 2.75) is 77.3 Å². The number of carbonyl (C=O) groups excluding carboxylic acids is 1. The molecule has 0 aliphatic heterocycles. The van der Waals surface area contributed by atoms with E-state index in [1.807, 2.05) is 19.9 Å². The Balaban J connectivity index is 1.48. The third kappa shape index (κ3) is 6.86. The predicted octanol–water partition coefficient (Wildman–Crippen LogP) is 7.94. The zero-order chi connectivity index (χ0) is 26.7. The number of carboxylic acid groups (broad SMARTS) is 1. The number of aliphatic carboxylic acids is 1. The Morgan fingerprint density at radius 1 is 1.03 bits per heavy atom. The molecule has 8 heteroatoms. The smallest absolute Gasteiger partial charge is 0.416 e. The quantitative estimate of drug-likeness (QED) is 0.202. The van der Waals surface area contributed by atoms with Crippen LogP contribution in [0.4, 0.5) is 13.2 Å². The maximum Gasteiger partial charge on any atom is 0.416 e. The maximum atomic E-state index is 13.3. The van der Waals surface area contributed by atoms with Crippen molar-refractivity contribution in [2.24, 2.45) is 0 Å². The molecule has 0 atom stereocenters. The van der Waals surface area contributed by atoms with Gasteiger partial charge in [-0.3, -0.25) is 9.59 Å². The summed E-state index contributed by atoms with van der Waals surface area (Å²) in [5, 5.41) is 9.54. The summed E-state index contributed by atoms with van der Waals surface area (Å²) >= 11 is 1.47. The zero-order valence-electron chi connectivity index (χ0n) is 21.0. The van der Waals surface area contributed by atoms with Gasteiger partial charge in [0.2, 0.25) is 0 Å². The fourth-order valence-corrected chi connectivity index (χ4v) is 5.73. The molecular formula is C29H30F3NO3S. The summed E-state index contributed by atoms with van der Waals surface area (Å²) in [7, 11) is 0. The van der Waals surface area contributed by atoms with E-state index in [0.29, 0.717) is 41.3 Å². The monoisotopic (exact) mass is 529 g/mol. The fourth-order valence-electron chi connectivity index (χ4n) is 4.58. The Morgan fingerprint density at radius 2 is 1.73 bits per heavy atom. The van der Waals surface area contributed by atoms with E-state index >= 15 is 0 Å². The van der Waals surface area contributed by atoms with Gasteiger partial charge in [-0.25, -0.2) is 4.98 Å². The standard InChI is InChI=1S/C29H30F3NO3S/c1-17-15-21(5-3-4-6-26(35)36)18(2)23(16-17)24(34)13-14-25-27(19-7-8-19)33-28(37-25)20-9-11-22(12-10-20)29(30,31)32/h9-12,15-16,19H,3-8,13-14H2,1-2H3,(H,35,36). The molecule has 4 nitrogen and oxygen atoms in total. The highest BCUT2D eigenvalue weighted by molar-refractivity contribution is 7.15. The molecule has 3 aromatic rings. The molecule has 196 valence electrons. The maximum absolute atomic E-state index is 13.3. The lowest BCUT2D eigenvalue weighted by Gasteiger charge is -2.13. The lowest BCUT2D eigenvalue weighted by atomic mass is 9.92. The molecular weight excluding hydrogens is 499 g/mol. The van der Waals surface area contributed by atoms with Gasteiger partial charge in [-0.05, 0) is 81.7 Å². The number of carbonyl (C=O) groups is 2. The van der Waals surface area contributed by atoms with E-state index in [1.54, 1.807) is 0 Å². The van der Waals surface area contributed by atoms with E-state index in [4.69, 9.17) is 10.1 Å². The average molecular weight is 530 g/mol. The second kappa shape index (κ2) is 11.2. The van der Waals surface area contributed by atoms with E-state index in [2.05, 4.69) is 6.07 Å². The third-order valence-electron chi connectivity index (χ3n) is 6.78. The van der Waals surface area contributed by atoms with E-state index in [0.717, 1.165) is 65.1 Å². The van der Waals surface area contributed by atoms with Gasteiger partial charge >= 0.3 is 12.1 Å². The van der Waals surface area contributed by atoms with Crippen molar-refractivity contribution in [3.8, 4) is 10.6 Å². The van der Waals surface area contributed by atoms with Crippen molar-refractivity contribution in [3.63, 3.8) is 0 Å². The van der Waals surface area contributed by atoms with Crippen molar-refractivity contribution in [2.75, 3.05) is 0 Å². The highest BCUT2D eigenvalue weighted by atomic mass is 32.1. The van der Waals surface area contributed by atoms with Gasteiger partial charge in [0.25, 0.3) is 0 Å². The number of nitrogens with zero attached hydrogens (tertiary/aromatic N) is 1. The molecule has 0 unspecified atom stereocenters. The number of halogens is 3. The van der Waals surface area contributed by atoms with Crippen molar-refractivity contribution in [3.05, 3.63) is 74.8 Å². The Kier molecular flexibility index (Phi) is 8.17. The molecule has 4 rings (SSSR count). The van der Waals surface area contributed by atoms with Crippen molar-refractivity contribution >= 4 is 23.1 Å². The summed E-state index contributed by atoms with van der Waals surface area (Å²) in [6, 6.07) is 9.06. The van der Waals surface area contributed by atoms with Crippen LogP contribution in [0.2, 0.25) is 0 Å². The number of benzene rings is 2. The molecule has 1 fully saturated rings. The molecule has 1 aromatic heterocycles. The number of alkyl halides is 3. The first kappa shape index (κ1) is 27.0. The number of unbranched alkanes of at least 4 members (excludes halogenated alkanes) is 1. The first-order chi connectivity index (χ1) is 17.5. The molecule has 0 amide bonds. The average Bonchev–Trinajstić information content (AvgIpc) is 3.60. The van der Waals surface area contributed by atoms with E-state index in [9.17, 15) is 22.8 Å². The number of hydrogen-bond acceptors (Lipinski definition) is 4. The van der Waals surface area contributed by atoms with Crippen LogP contribution in [0.5, 0.6) is 0 Å². The number of carboxylic acids is 1. The van der Waals surface area contributed by atoms with Gasteiger partial charge in [0.05, 0.1) is 11.3 Å². The minimum atomic E-state index is -4.38. The van der Waals surface area contributed by atoms with Gasteiger partial charge < -0.3 is 5.11 Å². The number of aromatic nitrogens is 1. The number of aryl methyl sites for hydroxylation is 3. The minimum Gasteiger partial charge on any atom is -0.481 e. The minimum absolute atomic E-state index is 0.0548. The van der Waals surface area contributed by atoms with Crippen LogP contribution < -0.4 is 0 Å². The Bertz CT molecular complexity index is 1290. The Labute approximate surface area is 218 Å². The molecule has 0 bridgehead atoms. The molecule has 2 aromatic carbocycles. The summed E-state index contributed by atoms with van der Waals surface area (Å²) < 4.78 is 38.8. The Hall–Kier alpha value is -3.00. The van der Waals surface area contributed by atoms with Crippen LogP contribution in [0, 0.1) is 13.8 Å². The first-order valence-corrected chi connectivity index (χ1v) is 13.4. The molecule has 0 spiro atoms. The van der Waals surface area contributed by atoms with Crippen LogP contribution in [0.3, 0.4) is 0 Å². The summed E-state index contributed by atoms with van der Waals surface area (Å²) in [5.41, 5.74) is 4.68. The van der Waals surface area contributed by atoms with Crippen molar-refractivity contribution in [1.29, 1.82) is 0 Å². The molecule has 1 heterocycles. The number of ketones is 1. The third-order valence-corrected chi connectivity index (χ3v) is 7.96. The SMILES string of the molecule is Cc1cc(CCCCC(=O)O)c(C)c(C(=O)CCc2sc(-c3ccc(C(F)(F)F)cc3)nc2C2CC2)c1. The van der Waals surface area contributed by atoms with Crippen LogP contribution in [0.25, 0.3) is 10.6 Å². The molecule has 0 saturated heterocycles. The molecule has 1 saturated carbocycles. The van der Waals surface area contributed by atoms with Gasteiger partial charge in [-0.15, -0.1) is 11.3 Å². The second-order valence-corrected chi connectivity index (χ2v) is 10.9. The number of rotatable bonds is 11. The lowest BCUT2D eigenvalue weighted by molar-refractivity contribution is -0.138. The summed E-state index contributed by atoms with van der Waals surface area (Å²) in [5.74, 6) is -0.381. The first-order valence-electron chi connectivity index (χ1n) is 12.5. The molecule has 37 heavy (non-hydrogen) atoms. The normalized spacial score (nSPS) is 13.6. The van der Waals surface area contributed by atoms with Gasteiger partial charge in [-0.2, -0.15) is 13.2 Å². The van der Waals surface area contributed by atoms with Crippen LogP contribution in [-0.2, 0) is 23.8 Å². The second-order valence-electron chi connectivity index (χ2n) is 9.80. The van der Waals surface area contributed by atoms with E-state index in [1.165, 1.54) is 23.5 Å².